The summed E-state index contributed by atoms with van der Waals surface area (Å²) in [5.74, 6) is -2.42. The average Bonchev–Trinajstić information content (AvgIpc) is 3.18. The van der Waals surface area contributed by atoms with Crippen molar-refractivity contribution in [2.45, 2.75) is 65.0 Å². The van der Waals surface area contributed by atoms with Gasteiger partial charge in [0.15, 0.2) is 11.4 Å². The molecular formula is C20H24O6. The fourth-order valence-electron chi connectivity index (χ4n) is 5.01. The summed E-state index contributed by atoms with van der Waals surface area (Å²) < 4.78 is 17.6. The Kier molecular flexibility index (Phi) is 3.40. The van der Waals surface area contributed by atoms with Gasteiger partial charge in [0, 0.05) is 23.8 Å². The van der Waals surface area contributed by atoms with Crippen LogP contribution in [0.2, 0.25) is 0 Å². The van der Waals surface area contributed by atoms with Crippen molar-refractivity contribution >= 4 is 17.7 Å². The first-order chi connectivity index (χ1) is 12.1. The van der Waals surface area contributed by atoms with E-state index in [2.05, 4.69) is 0 Å². The molecule has 0 aromatic carbocycles. The minimum atomic E-state index is -1.11. The van der Waals surface area contributed by atoms with Crippen LogP contribution in [0.15, 0.2) is 23.3 Å². The van der Waals surface area contributed by atoms with Crippen LogP contribution < -0.4 is 0 Å². The molecule has 2 saturated heterocycles. The lowest BCUT2D eigenvalue weighted by Crippen LogP contribution is -2.59. The van der Waals surface area contributed by atoms with Crippen LogP contribution in [-0.4, -0.2) is 35.2 Å². The standard InChI is InChI=1S/C20H24O6/c1-6-10(2)15(22)24-17-18(5)11(3)7-14(21)8-13(18)9-19-20(17,26-19)12(4)16(23)25-19/h6,8,11-12,17H,7,9H2,1-5H3/b10-6-/t11-,12-,17-,18+,19-,20+/m0/s1. The predicted molar refractivity (Wildman–Crippen MR) is 90.7 cm³/mol. The number of allylic oxidation sites excluding steroid dienone is 2. The Morgan fingerprint density at radius 1 is 1.35 bits per heavy atom. The molecule has 2 heterocycles. The molecule has 140 valence electrons. The molecule has 0 aromatic heterocycles. The van der Waals surface area contributed by atoms with Gasteiger partial charge in [0.1, 0.15) is 6.10 Å². The second kappa shape index (κ2) is 5.06. The van der Waals surface area contributed by atoms with Gasteiger partial charge in [0.2, 0.25) is 0 Å². The van der Waals surface area contributed by atoms with Crippen molar-refractivity contribution in [3.05, 3.63) is 23.3 Å². The third-order valence-corrected chi connectivity index (χ3v) is 7.05. The van der Waals surface area contributed by atoms with Crippen LogP contribution in [0.5, 0.6) is 0 Å². The Bertz CT molecular complexity index is 794. The van der Waals surface area contributed by atoms with Gasteiger partial charge in [0.25, 0.3) is 5.79 Å². The van der Waals surface area contributed by atoms with E-state index in [1.165, 1.54) is 0 Å². The molecule has 6 atom stereocenters. The zero-order valence-corrected chi connectivity index (χ0v) is 15.8. The zero-order chi connectivity index (χ0) is 19.1. The SMILES string of the molecule is C/C=C(/C)C(=O)O[C@H]1[C@@]2(C)C(=CC(=O)C[C@@H]2C)C[C@@]23OC(=O)[C@H](C)[C@@]12O3. The number of hydrogen-bond acceptors (Lipinski definition) is 6. The minimum absolute atomic E-state index is 0.0432. The Morgan fingerprint density at radius 3 is 2.69 bits per heavy atom. The number of fused-ring (bicyclic) bond motifs is 1. The maximum atomic E-state index is 12.6. The van der Waals surface area contributed by atoms with Crippen molar-refractivity contribution in [3.8, 4) is 0 Å². The minimum Gasteiger partial charge on any atom is -0.455 e. The quantitative estimate of drug-likeness (QED) is 0.427. The topological polar surface area (TPSA) is 82.2 Å². The maximum absolute atomic E-state index is 12.6. The van der Waals surface area contributed by atoms with E-state index in [0.29, 0.717) is 18.4 Å². The zero-order valence-electron chi connectivity index (χ0n) is 15.8. The maximum Gasteiger partial charge on any atom is 0.333 e. The molecular weight excluding hydrogens is 336 g/mol. The fourth-order valence-corrected chi connectivity index (χ4v) is 5.01. The van der Waals surface area contributed by atoms with Crippen LogP contribution in [0.3, 0.4) is 0 Å². The average molecular weight is 360 g/mol. The third-order valence-electron chi connectivity index (χ3n) is 7.05. The molecule has 26 heavy (non-hydrogen) atoms. The van der Waals surface area contributed by atoms with Gasteiger partial charge in [-0.15, -0.1) is 0 Å². The van der Waals surface area contributed by atoms with Crippen molar-refractivity contribution in [3.63, 3.8) is 0 Å². The van der Waals surface area contributed by atoms with Gasteiger partial charge >= 0.3 is 11.9 Å². The van der Waals surface area contributed by atoms with Gasteiger partial charge in [-0.25, -0.2) is 4.79 Å². The molecule has 6 heteroatoms. The van der Waals surface area contributed by atoms with Gasteiger partial charge in [-0.05, 0) is 32.8 Å². The molecule has 4 rings (SSSR count). The van der Waals surface area contributed by atoms with Crippen molar-refractivity contribution in [2.24, 2.45) is 17.3 Å². The number of esters is 2. The van der Waals surface area contributed by atoms with E-state index in [-0.39, 0.29) is 17.7 Å². The lowest BCUT2D eigenvalue weighted by Gasteiger charge is -2.50. The number of epoxide rings is 1. The van der Waals surface area contributed by atoms with Gasteiger partial charge in [-0.1, -0.05) is 25.5 Å². The summed E-state index contributed by atoms with van der Waals surface area (Å²) in [6.45, 7) is 9.22. The third kappa shape index (κ3) is 1.83. The summed E-state index contributed by atoms with van der Waals surface area (Å²) in [7, 11) is 0. The van der Waals surface area contributed by atoms with Crippen LogP contribution in [0.25, 0.3) is 0 Å². The summed E-state index contributed by atoms with van der Waals surface area (Å²) in [6.07, 6.45) is 3.36. The van der Waals surface area contributed by atoms with E-state index < -0.39 is 34.8 Å². The van der Waals surface area contributed by atoms with Crippen LogP contribution in [0.1, 0.15) is 47.5 Å². The van der Waals surface area contributed by atoms with Gasteiger partial charge in [0.05, 0.1) is 5.92 Å². The number of ketones is 1. The molecule has 4 aliphatic rings. The molecule has 0 aromatic rings. The Balaban J connectivity index is 1.85. The summed E-state index contributed by atoms with van der Waals surface area (Å²) >= 11 is 0. The van der Waals surface area contributed by atoms with Gasteiger partial charge in [-0.3, -0.25) is 9.59 Å². The van der Waals surface area contributed by atoms with E-state index in [9.17, 15) is 14.4 Å². The highest BCUT2D eigenvalue weighted by molar-refractivity contribution is 5.93. The normalized spacial score (nSPS) is 46.6. The highest BCUT2D eigenvalue weighted by Crippen LogP contribution is 2.73. The van der Waals surface area contributed by atoms with E-state index in [1.54, 1.807) is 32.9 Å². The second-order valence-corrected chi connectivity index (χ2v) is 8.25. The first-order valence-corrected chi connectivity index (χ1v) is 9.13. The lowest BCUT2D eigenvalue weighted by atomic mass is 9.54. The fraction of sp³-hybridized carbons (Fsp3) is 0.650. The molecule has 6 nitrogen and oxygen atoms in total. The molecule has 0 spiro atoms. The van der Waals surface area contributed by atoms with E-state index in [4.69, 9.17) is 14.2 Å². The lowest BCUT2D eigenvalue weighted by molar-refractivity contribution is -0.166. The molecule has 0 unspecified atom stereocenters. The molecule has 2 aliphatic heterocycles. The largest absolute Gasteiger partial charge is 0.455 e. The first kappa shape index (κ1) is 17.5. The molecule has 3 fully saturated rings. The number of carbonyl (C=O) groups is 3. The molecule has 1 saturated carbocycles. The highest BCUT2D eigenvalue weighted by atomic mass is 16.8. The highest BCUT2D eigenvalue weighted by Gasteiger charge is 2.90. The van der Waals surface area contributed by atoms with Crippen molar-refractivity contribution in [1.29, 1.82) is 0 Å². The number of hydrogen-bond donors (Lipinski definition) is 0. The van der Waals surface area contributed by atoms with Crippen LogP contribution >= 0.6 is 0 Å². The van der Waals surface area contributed by atoms with Crippen LogP contribution in [-0.2, 0) is 28.6 Å². The summed E-state index contributed by atoms with van der Waals surface area (Å²) in [5, 5.41) is 0. The van der Waals surface area contributed by atoms with Gasteiger partial charge < -0.3 is 14.2 Å². The molecule has 2 aliphatic carbocycles. The Morgan fingerprint density at radius 2 is 2.04 bits per heavy atom. The molecule has 0 bridgehead atoms. The van der Waals surface area contributed by atoms with E-state index in [1.807, 2.05) is 13.8 Å². The summed E-state index contributed by atoms with van der Waals surface area (Å²) in [4.78, 5) is 37.1. The molecule has 0 radical (unpaired) electrons. The van der Waals surface area contributed by atoms with Crippen LogP contribution in [0, 0.1) is 17.3 Å². The number of rotatable bonds is 2. The monoisotopic (exact) mass is 360 g/mol. The second-order valence-electron chi connectivity index (χ2n) is 8.25. The molecule has 0 amide bonds. The van der Waals surface area contributed by atoms with Crippen molar-refractivity contribution in [1.82, 2.24) is 0 Å². The summed E-state index contributed by atoms with van der Waals surface area (Å²) in [5.41, 5.74) is -0.231. The Labute approximate surface area is 152 Å². The molecule has 0 N–H and O–H groups in total. The van der Waals surface area contributed by atoms with Gasteiger partial charge in [-0.2, -0.15) is 0 Å². The first-order valence-electron chi connectivity index (χ1n) is 9.13. The predicted octanol–water partition coefficient (Wildman–Crippen LogP) is 2.47. The summed E-state index contributed by atoms with van der Waals surface area (Å²) in [6, 6.07) is 0. The number of ether oxygens (including phenoxy) is 3. The smallest absolute Gasteiger partial charge is 0.333 e. The Hall–Kier alpha value is -1.95. The van der Waals surface area contributed by atoms with Crippen molar-refractivity contribution in [2.75, 3.05) is 0 Å². The number of carbonyl (C=O) groups excluding carboxylic acids is 3. The van der Waals surface area contributed by atoms with Crippen molar-refractivity contribution < 1.29 is 28.6 Å². The van der Waals surface area contributed by atoms with E-state index in [0.717, 1.165) is 5.57 Å². The van der Waals surface area contributed by atoms with Crippen LogP contribution in [0.4, 0.5) is 0 Å². The van der Waals surface area contributed by atoms with E-state index >= 15 is 0 Å².